The van der Waals surface area contributed by atoms with Gasteiger partial charge in [0.2, 0.25) is 0 Å². The zero-order valence-corrected chi connectivity index (χ0v) is 12.6. The minimum Gasteiger partial charge on any atom is -0.306 e. The number of aromatic nitrogens is 2. The van der Waals surface area contributed by atoms with Gasteiger partial charge in [0.25, 0.3) is 5.56 Å². The van der Waals surface area contributed by atoms with Gasteiger partial charge in [-0.2, -0.15) is 0 Å². The molecular weight excluding hydrogens is 360 g/mol. The molecule has 0 amide bonds. The minimum atomic E-state index is 0.00606. The fourth-order valence-corrected chi connectivity index (χ4v) is 2.85. The van der Waals surface area contributed by atoms with Crippen LogP contribution in [0, 0.1) is 0 Å². The van der Waals surface area contributed by atoms with Crippen molar-refractivity contribution in [2.45, 2.75) is 19.3 Å². The number of benzene rings is 1. The highest BCUT2D eigenvalue weighted by molar-refractivity contribution is 9.13. The van der Waals surface area contributed by atoms with Gasteiger partial charge in [0.15, 0.2) is 0 Å². The van der Waals surface area contributed by atoms with Crippen LogP contribution in [-0.4, -0.2) is 9.97 Å². The van der Waals surface area contributed by atoms with E-state index in [1.807, 2.05) is 18.2 Å². The summed E-state index contributed by atoms with van der Waals surface area (Å²) in [5.41, 5.74) is 2.73. The largest absolute Gasteiger partial charge is 0.306 e. The normalized spacial score (nSPS) is 13.7. The van der Waals surface area contributed by atoms with Gasteiger partial charge in [0, 0.05) is 20.1 Å². The first-order valence-corrected chi connectivity index (χ1v) is 7.31. The Bertz CT molecular complexity index is 679. The molecule has 0 atom stereocenters. The number of aryl methyl sites for hydroxylation is 1. The van der Waals surface area contributed by atoms with Gasteiger partial charge in [0.1, 0.15) is 5.82 Å². The molecule has 1 N–H and O–H groups in total. The van der Waals surface area contributed by atoms with Crippen LogP contribution in [-0.2, 0) is 12.8 Å². The van der Waals surface area contributed by atoms with E-state index in [0.29, 0.717) is 5.82 Å². The summed E-state index contributed by atoms with van der Waals surface area (Å²) in [5, 5.41) is 0. The summed E-state index contributed by atoms with van der Waals surface area (Å²) < 4.78 is 1.93. The number of H-pyrrole nitrogens is 1. The maximum absolute atomic E-state index is 11.9. The van der Waals surface area contributed by atoms with E-state index in [1.165, 1.54) is 0 Å². The molecule has 3 nitrogen and oxygen atoms in total. The zero-order valence-electron chi connectivity index (χ0n) is 9.46. The van der Waals surface area contributed by atoms with E-state index < -0.39 is 0 Å². The van der Waals surface area contributed by atoms with E-state index in [1.54, 1.807) is 0 Å². The SMILES string of the molecule is O=c1[nH]c(-c2ccc(Br)c(Br)c2)nc2c1CCC2. The standard InChI is InChI=1S/C13H10Br2N2O/c14-9-5-4-7(6-10(9)15)12-16-11-3-1-2-8(11)13(18)17-12/h4-6H,1-3H2,(H,16,17,18). The number of rotatable bonds is 1. The fraction of sp³-hybridized carbons (Fsp3) is 0.231. The first-order chi connectivity index (χ1) is 8.65. The molecule has 1 aromatic heterocycles. The number of nitrogens with one attached hydrogen (secondary N) is 1. The summed E-state index contributed by atoms with van der Waals surface area (Å²) in [4.78, 5) is 19.4. The van der Waals surface area contributed by atoms with Crippen LogP contribution < -0.4 is 5.56 Å². The summed E-state index contributed by atoms with van der Waals surface area (Å²) in [6.45, 7) is 0. The van der Waals surface area contributed by atoms with Crippen LogP contribution >= 0.6 is 31.9 Å². The predicted octanol–water partition coefficient (Wildman–Crippen LogP) is 3.45. The van der Waals surface area contributed by atoms with Crippen LogP contribution in [0.5, 0.6) is 0 Å². The molecule has 0 saturated carbocycles. The Hall–Kier alpha value is -0.940. The highest BCUT2D eigenvalue weighted by Crippen LogP contribution is 2.28. The van der Waals surface area contributed by atoms with Crippen molar-refractivity contribution < 1.29 is 0 Å². The molecule has 0 radical (unpaired) electrons. The van der Waals surface area contributed by atoms with Gasteiger partial charge in [-0.15, -0.1) is 0 Å². The van der Waals surface area contributed by atoms with E-state index in [2.05, 4.69) is 41.8 Å². The lowest BCUT2D eigenvalue weighted by molar-refractivity contribution is 0.899. The highest BCUT2D eigenvalue weighted by atomic mass is 79.9. The van der Waals surface area contributed by atoms with Crippen LogP contribution in [0.3, 0.4) is 0 Å². The van der Waals surface area contributed by atoms with Crippen molar-refractivity contribution >= 4 is 31.9 Å². The molecule has 0 saturated heterocycles. The van der Waals surface area contributed by atoms with Crippen LogP contribution in [0.4, 0.5) is 0 Å². The molecule has 1 heterocycles. The van der Waals surface area contributed by atoms with Crippen molar-refractivity contribution in [2.75, 3.05) is 0 Å². The summed E-state index contributed by atoms with van der Waals surface area (Å²) in [7, 11) is 0. The molecule has 1 aliphatic carbocycles. The molecule has 1 aromatic carbocycles. The van der Waals surface area contributed by atoms with Crippen LogP contribution in [0.25, 0.3) is 11.4 Å². The lowest BCUT2D eigenvalue weighted by Gasteiger charge is -2.05. The Kier molecular flexibility index (Phi) is 3.11. The van der Waals surface area contributed by atoms with E-state index in [9.17, 15) is 4.79 Å². The number of halogens is 2. The van der Waals surface area contributed by atoms with Gasteiger partial charge in [-0.1, -0.05) is 6.07 Å². The Labute approximate surface area is 121 Å². The van der Waals surface area contributed by atoms with Gasteiger partial charge in [-0.05, 0) is 63.3 Å². The Balaban J connectivity index is 2.15. The molecule has 0 aliphatic heterocycles. The molecular formula is C13H10Br2N2O. The third-order valence-corrected chi connectivity index (χ3v) is 5.01. The molecule has 3 rings (SSSR count). The summed E-state index contributed by atoms with van der Waals surface area (Å²) >= 11 is 6.88. The number of hydrogen-bond acceptors (Lipinski definition) is 2. The molecule has 0 bridgehead atoms. The van der Waals surface area contributed by atoms with Gasteiger partial charge in [-0.3, -0.25) is 4.79 Å². The topological polar surface area (TPSA) is 45.8 Å². The van der Waals surface area contributed by atoms with Crippen LogP contribution in [0.2, 0.25) is 0 Å². The van der Waals surface area contributed by atoms with E-state index in [-0.39, 0.29) is 5.56 Å². The van der Waals surface area contributed by atoms with Crippen molar-refractivity contribution in [2.24, 2.45) is 0 Å². The third kappa shape index (κ3) is 2.06. The predicted molar refractivity (Wildman–Crippen MR) is 77.7 cm³/mol. The fourth-order valence-electron chi connectivity index (χ4n) is 2.22. The van der Waals surface area contributed by atoms with Gasteiger partial charge < -0.3 is 4.98 Å². The van der Waals surface area contributed by atoms with Crippen molar-refractivity contribution in [3.8, 4) is 11.4 Å². The van der Waals surface area contributed by atoms with Gasteiger partial charge in [-0.25, -0.2) is 4.98 Å². The Morgan fingerprint density at radius 2 is 2.00 bits per heavy atom. The Morgan fingerprint density at radius 1 is 1.17 bits per heavy atom. The molecule has 0 unspecified atom stereocenters. The number of hydrogen-bond donors (Lipinski definition) is 1. The molecule has 0 fully saturated rings. The monoisotopic (exact) mass is 368 g/mol. The summed E-state index contributed by atoms with van der Waals surface area (Å²) in [6, 6.07) is 5.82. The highest BCUT2D eigenvalue weighted by Gasteiger charge is 2.17. The molecule has 0 spiro atoms. The van der Waals surface area contributed by atoms with Gasteiger partial charge in [0.05, 0.1) is 5.69 Å². The average Bonchev–Trinajstić information content (AvgIpc) is 2.81. The Morgan fingerprint density at radius 3 is 2.78 bits per heavy atom. The number of aromatic amines is 1. The zero-order chi connectivity index (χ0) is 12.7. The molecule has 92 valence electrons. The molecule has 2 aromatic rings. The molecule has 5 heteroatoms. The first-order valence-electron chi connectivity index (χ1n) is 5.72. The van der Waals surface area contributed by atoms with E-state index >= 15 is 0 Å². The second kappa shape index (κ2) is 4.63. The second-order valence-electron chi connectivity index (χ2n) is 4.32. The molecule has 18 heavy (non-hydrogen) atoms. The van der Waals surface area contributed by atoms with Crippen LogP contribution in [0.1, 0.15) is 17.7 Å². The number of nitrogens with zero attached hydrogens (tertiary/aromatic N) is 1. The molecule has 1 aliphatic rings. The maximum Gasteiger partial charge on any atom is 0.254 e. The van der Waals surface area contributed by atoms with E-state index in [4.69, 9.17) is 0 Å². The lowest BCUT2D eigenvalue weighted by atomic mass is 10.2. The van der Waals surface area contributed by atoms with Crippen molar-refractivity contribution in [3.63, 3.8) is 0 Å². The lowest BCUT2D eigenvalue weighted by Crippen LogP contribution is -2.15. The third-order valence-electron chi connectivity index (χ3n) is 3.13. The van der Waals surface area contributed by atoms with E-state index in [0.717, 1.165) is 45.0 Å². The smallest absolute Gasteiger partial charge is 0.254 e. The second-order valence-corrected chi connectivity index (χ2v) is 6.03. The van der Waals surface area contributed by atoms with Gasteiger partial charge >= 0.3 is 0 Å². The van der Waals surface area contributed by atoms with Crippen molar-refractivity contribution in [1.82, 2.24) is 9.97 Å². The van der Waals surface area contributed by atoms with Crippen molar-refractivity contribution in [3.05, 3.63) is 48.8 Å². The number of fused-ring (bicyclic) bond motifs is 1. The van der Waals surface area contributed by atoms with Crippen LogP contribution in [0.15, 0.2) is 31.9 Å². The average molecular weight is 370 g/mol. The maximum atomic E-state index is 11.9. The quantitative estimate of drug-likeness (QED) is 0.836. The summed E-state index contributed by atoms with van der Waals surface area (Å²) in [5.74, 6) is 0.647. The first kappa shape index (κ1) is 12.1. The summed E-state index contributed by atoms with van der Waals surface area (Å²) in [6.07, 6.45) is 2.78. The minimum absolute atomic E-state index is 0.00606. The van der Waals surface area contributed by atoms with Crippen molar-refractivity contribution in [1.29, 1.82) is 0 Å².